The van der Waals surface area contributed by atoms with Crippen LogP contribution in [0, 0.1) is 17.2 Å². The first-order valence-corrected chi connectivity index (χ1v) is 6.45. The number of nitrogens with zero attached hydrogens (tertiary/aromatic N) is 2. The molecule has 0 radical (unpaired) electrons. The van der Waals surface area contributed by atoms with Gasteiger partial charge in [-0.2, -0.15) is 5.26 Å². The topological polar surface area (TPSA) is 57.9 Å². The lowest BCUT2D eigenvalue weighted by atomic mass is 9.85. The van der Waals surface area contributed by atoms with Crippen molar-refractivity contribution in [2.24, 2.45) is 5.92 Å². The Labute approximate surface area is 108 Å². The average molecular weight is 245 g/mol. The summed E-state index contributed by atoms with van der Waals surface area (Å²) in [6.45, 7) is 0.764. The van der Waals surface area contributed by atoms with Crippen LogP contribution in [0.3, 0.4) is 0 Å². The summed E-state index contributed by atoms with van der Waals surface area (Å²) in [4.78, 5) is 4.17. The van der Waals surface area contributed by atoms with Crippen LogP contribution in [0.2, 0.25) is 0 Å². The monoisotopic (exact) mass is 245 g/mol. The second-order valence-electron chi connectivity index (χ2n) is 4.72. The van der Waals surface area contributed by atoms with E-state index in [1.165, 1.54) is 12.8 Å². The number of methoxy groups -OCH3 is 1. The molecule has 0 spiro atoms. The summed E-state index contributed by atoms with van der Waals surface area (Å²) in [5, 5.41) is 12.6. The molecule has 1 aromatic rings. The molecule has 4 nitrogen and oxygen atoms in total. The van der Waals surface area contributed by atoms with E-state index in [4.69, 9.17) is 10.00 Å². The zero-order chi connectivity index (χ0) is 12.8. The molecule has 0 amide bonds. The van der Waals surface area contributed by atoms with Gasteiger partial charge in [0, 0.05) is 24.8 Å². The first-order chi connectivity index (χ1) is 8.83. The normalized spacial score (nSPS) is 23.3. The van der Waals surface area contributed by atoms with Crippen molar-refractivity contribution in [2.75, 3.05) is 7.11 Å². The maximum absolute atomic E-state index is 9.11. The number of hydrogen-bond acceptors (Lipinski definition) is 4. The van der Waals surface area contributed by atoms with Gasteiger partial charge in [0.2, 0.25) is 5.88 Å². The van der Waals surface area contributed by atoms with Crippen LogP contribution in [0.1, 0.15) is 31.2 Å². The van der Waals surface area contributed by atoms with Crippen molar-refractivity contribution in [1.82, 2.24) is 10.3 Å². The summed E-state index contributed by atoms with van der Waals surface area (Å²) < 4.78 is 5.02. The minimum Gasteiger partial charge on any atom is -0.481 e. The number of nitriles is 1. The van der Waals surface area contributed by atoms with E-state index in [2.05, 4.69) is 16.4 Å². The third-order valence-electron chi connectivity index (χ3n) is 3.51. The second-order valence-corrected chi connectivity index (χ2v) is 4.72. The van der Waals surface area contributed by atoms with Crippen LogP contribution in [0.5, 0.6) is 5.88 Å². The minimum absolute atomic E-state index is 0.157. The van der Waals surface area contributed by atoms with Crippen LogP contribution in [-0.4, -0.2) is 18.1 Å². The fourth-order valence-corrected chi connectivity index (χ4v) is 2.41. The molecule has 0 aliphatic heterocycles. The first kappa shape index (κ1) is 12.8. The zero-order valence-corrected chi connectivity index (χ0v) is 10.7. The number of rotatable bonds is 4. The van der Waals surface area contributed by atoms with Crippen LogP contribution in [0.25, 0.3) is 0 Å². The van der Waals surface area contributed by atoms with Gasteiger partial charge in [-0.05, 0) is 18.4 Å². The maximum Gasteiger partial charge on any atom is 0.212 e. The van der Waals surface area contributed by atoms with Crippen molar-refractivity contribution in [3.63, 3.8) is 0 Å². The van der Waals surface area contributed by atoms with Gasteiger partial charge < -0.3 is 10.1 Å². The van der Waals surface area contributed by atoms with Gasteiger partial charge >= 0.3 is 0 Å². The van der Waals surface area contributed by atoms with Crippen molar-refractivity contribution in [3.05, 3.63) is 23.9 Å². The van der Waals surface area contributed by atoms with Crippen molar-refractivity contribution in [2.45, 2.75) is 38.3 Å². The molecule has 1 fully saturated rings. The molecule has 4 heteroatoms. The molecule has 1 saturated carbocycles. The molecule has 1 aliphatic carbocycles. The molecule has 18 heavy (non-hydrogen) atoms. The highest BCUT2D eigenvalue weighted by Gasteiger charge is 2.24. The van der Waals surface area contributed by atoms with Crippen molar-refractivity contribution in [3.8, 4) is 11.9 Å². The Morgan fingerprint density at radius 2 is 2.28 bits per heavy atom. The number of pyridine rings is 1. The molecule has 0 saturated heterocycles. The highest BCUT2D eigenvalue weighted by Crippen LogP contribution is 2.24. The number of aromatic nitrogens is 1. The van der Waals surface area contributed by atoms with Gasteiger partial charge in [0.05, 0.1) is 19.1 Å². The molecule has 96 valence electrons. The Bertz CT molecular complexity index is 410. The Balaban J connectivity index is 1.88. The van der Waals surface area contributed by atoms with Gasteiger partial charge in [-0.3, -0.25) is 0 Å². The van der Waals surface area contributed by atoms with Crippen LogP contribution in [0.15, 0.2) is 18.3 Å². The molecule has 0 aromatic carbocycles. The van der Waals surface area contributed by atoms with Crippen LogP contribution in [0.4, 0.5) is 0 Å². The van der Waals surface area contributed by atoms with E-state index in [9.17, 15) is 0 Å². The number of nitrogens with one attached hydrogen (secondary N) is 1. The van der Waals surface area contributed by atoms with E-state index in [0.29, 0.717) is 11.9 Å². The van der Waals surface area contributed by atoms with E-state index in [1.807, 2.05) is 18.3 Å². The smallest absolute Gasteiger partial charge is 0.212 e. The molecule has 2 rings (SSSR count). The molecule has 1 heterocycles. The van der Waals surface area contributed by atoms with Crippen LogP contribution in [-0.2, 0) is 6.54 Å². The molecule has 2 unspecified atom stereocenters. The highest BCUT2D eigenvalue weighted by molar-refractivity contribution is 5.17. The van der Waals surface area contributed by atoms with E-state index < -0.39 is 0 Å². The summed E-state index contributed by atoms with van der Waals surface area (Å²) in [6.07, 6.45) is 6.34. The summed E-state index contributed by atoms with van der Waals surface area (Å²) in [5.41, 5.74) is 1.12. The van der Waals surface area contributed by atoms with Gasteiger partial charge in [-0.15, -0.1) is 0 Å². The van der Waals surface area contributed by atoms with Gasteiger partial charge in [-0.1, -0.05) is 18.9 Å². The largest absolute Gasteiger partial charge is 0.481 e. The molecule has 0 bridgehead atoms. The van der Waals surface area contributed by atoms with Crippen LogP contribution < -0.4 is 10.1 Å². The predicted molar refractivity (Wildman–Crippen MR) is 69.0 cm³/mol. The molecular weight excluding hydrogens is 226 g/mol. The van der Waals surface area contributed by atoms with Gasteiger partial charge in [0.15, 0.2) is 0 Å². The average Bonchev–Trinajstić information content (AvgIpc) is 2.46. The quantitative estimate of drug-likeness (QED) is 0.884. The molecule has 1 N–H and O–H groups in total. The van der Waals surface area contributed by atoms with E-state index >= 15 is 0 Å². The first-order valence-electron chi connectivity index (χ1n) is 6.45. The van der Waals surface area contributed by atoms with Gasteiger partial charge in [0.1, 0.15) is 0 Å². The Morgan fingerprint density at radius 3 is 2.94 bits per heavy atom. The lowest BCUT2D eigenvalue weighted by Gasteiger charge is -2.27. The summed E-state index contributed by atoms with van der Waals surface area (Å²) in [6, 6.07) is 6.60. The summed E-state index contributed by atoms with van der Waals surface area (Å²) in [7, 11) is 1.61. The van der Waals surface area contributed by atoms with E-state index in [0.717, 1.165) is 24.9 Å². The maximum atomic E-state index is 9.11. The van der Waals surface area contributed by atoms with Crippen LogP contribution >= 0.6 is 0 Å². The Hall–Kier alpha value is -1.60. The summed E-state index contributed by atoms with van der Waals surface area (Å²) in [5.74, 6) is 0.788. The Morgan fingerprint density at radius 1 is 1.44 bits per heavy atom. The third-order valence-corrected chi connectivity index (χ3v) is 3.51. The van der Waals surface area contributed by atoms with Crippen molar-refractivity contribution < 1.29 is 4.74 Å². The number of hydrogen-bond donors (Lipinski definition) is 1. The zero-order valence-electron chi connectivity index (χ0n) is 10.7. The third kappa shape index (κ3) is 3.21. The second kappa shape index (κ2) is 6.36. The molecule has 2 atom stereocenters. The lowest BCUT2D eigenvalue weighted by Crippen LogP contribution is -2.37. The van der Waals surface area contributed by atoms with Crippen molar-refractivity contribution >= 4 is 0 Å². The number of ether oxygens (including phenoxy) is 1. The van der Waals surface area contributed by atoms with Crippen molar-refractivity contribution in [1.29, 1.82) is 5.26 Å². The minimum atomic E-state index is 0.157. The van der Waals surface area contributed by atoms with E-state index in [-0.39, 0.29) is 5.92 Å². The van der Waals surface area contributed by atoms with Gasteiger partial charge in [0.25, 0.3) is 0 Å². The standard InChI is InChI=1S/C14H19N3O/c1-18-14-7-6-11(10-17-14)9-16-13-5-3-2-4-12(13)8-15/h6-7,10,12-13,16H,2-5,9H2,1H3. The SMILES string of the molecule is COc1ccc(CNC2CCCCC2C#N)cn1. The predicted octanol–water partition coefficient (Wildman–Crippen LogP) is 2.26. The summed E-state index contributed by atoms with van der Waals surface area (Å²) >= 11 is 0. The highest BCUT2D eigenvalue weighted by atomic mass is 16.5. The molecule has 1 aliphatic rings. The Kier molecular flexibility index (Phi) is 4.54. The molecule has 1 aromatic heterocycles. The molecular formula is C14H19N3O. The fraction of sp³-hybridized carbons (Fsp3) is 0.571. The lowest BCUT2D eigenvalue weighted by molar-refractivity contribution is 0.311. The van der Waals surface area contributed by atoms with E-state index in [1.54, 1.807) is 7.11 Å². The fourth-order valence-electron chi connectivity index (χ4n) is 2.41. The van der Waals surface area contributed by atoms with Gasteiger partial charge in [-0.25, -0.2) is 4.98 Å².